The quantitative estimate of drug-likeness (QED) is 0.843. The second kappa shape index (κ2) is 11.0. The number of amides is 1. The summed E-state index contributed by atoms with van der Waals surface area (Å²) in [6.45, 7) is 14.9. The number of carbonyl (C=O) groups is 1. The first-order valence-corrected chi connectivity index (χ1v) is 9.76. The van der Waals surface area contributed by atoms with E-state index in [1.165, 1.54) is 51.9 Å². The van der Waals surface area contributed by atoms with Crippen molar-refractivity contribution in [3.05, 3.63) is 0 Å². The van der Waals surface area contributed by atoms with Crippen molar-refractivity contribution >= 4 is 5.91 Å². The molecule has 2 aliphatic heterocycles. The summed E-state index contributed by atoms with van der Waals surface area (Å²) in [5, 5.41) is 3.30. The molecule has 0 spiro atoms. The number of likely N-dealkylation sites (tertiary alicyclic amines) is 2. The summed E-state index contributed by atoms with van der Waals surface area (Å²) < 4.78 is 0. The Hall–Kier alpha value is -0.610. The lowest BCUT2D eigenvalue weighted by atomic mass is 9.92. The van der Waals surface area contributed by atoms with Gasteiger partial charge in [-0.3, -0.25) is 4.79 Å². The van der Waals surface area contributed by atoms with Crippen LogP contribution in [0.2, 0.25) is 0 Å². The Morgan fingerprint density at radius 2 is 1.57 bits per heavy atom. The molecule has 2 rings (SSSR count). The van der Waals surface area contributed by atoms with E-state index in [0.717, 1.165) is 24.9 Å². The maximum atomic E-state index is 12.0. The van der Waals surface area contributed by atoms with Crippen LogP contribution in [0.15, 0.2) is 0 Å². The molecule has 0 atom stereocenters. The molecule has 2 heterocycles. The molecule has 4 nitrogen and oxygen atoms in total. The molecule has 2 fully saturated rings. The fraction of sp³-hybridized carbons (Fsp3) is 0.947. The molecule has 0 aliphatic carbocycles. The molecule has 0 radical (unpaired) electrons. The molecule has 2 aliphatic rings. The molecule has 23 heavy (non-hydrogen) atoms. The third-order valence-corrected chi connectivity index (χ3v) is 5.14. The number of rotatable bonds is 5. The second-order valence-electron chi connectivity index (χ2n) is 7.23. The number of hydrogen-bond donors (Lipinski definition) is 1. The fourth-order valence-corrected chi connectivity index (χ4v) is 3.73. The zero-order valence-corrected chi connectivity index (χ0v) is 16.1. The largest absolute Gasteiger partial charge is 0.342 e. The molecule has 138 valence electrons. The SMILES string of the molecule is CC.CNCC1CCN(CC2CCN(C(=O)C(C)C)CC2)CC1.[HH]. The van der Waals surface area contributed by atoms with Crippen molar-refractivity contribution in [3.8, 4) is 0 Å². The molecule has 0 aromatic carbocycles. The molecule has 2 saturated heterocycles. The first kappa shape index (κ1) is 20.4. The molecular formula is C19H41N3O. The van der Waals surface area contributed by atoms with Crippen LogP contribution in [0.25, 0.3) is 0 Å². The van der Waals surface area contributed by atoms with E-state index >= 15 is 0 Å². The Labute approximate surface area is 145 Å². The average Bonchev–Trinajstić information content (AvgIpc) is 2.59. The molecular weight excluding hydrogens is 286 g/mol. The molecule has 1 N–H and O–H groups in total. The zero-order valence-electron chi connectivity index (χ0n) is 16.1. The highest BCUT2D eigenvalue weighted by Gasteiger charge is 2.26. The zero-order chi connectivity index (χ0) is 17.2. The summed E-state index contributed by atoms with van der Waals surface area (Å²) in [6.07, 6.45) is 5.06. The summed E-state index contributed by atoms with van der Waals surface area (Å²) in [6, 6.07) is 0. The third kappa shape index (κ3) is 6.80. The second-order valence-corrected chi connectivity index (χ2v) is 7.23. The van der Waals surface area contributed by atoms with Gasteiger partial charge < -0.3 is 15.1 Å². The van der Waals surface area contributed by atoms with Crippen molar-refractivity contribution in [1.29, 1.82) is 0 Å². The Bertz CT molecular complexity index is 323. The van der Waals surface area contributed by atoms with Crippen molar-refractivity contribution in [2.24, 2.45) is 17.8 Å². The van der Waals surface area contributed by atoms with E-state index < -0.39 is 0 Å². The van der Waals surface area contributed by atoms with Crippen LogP contribution in [0, 0.1) is 17.8 Å². The Kier molecular flexibility index (Phi) is 9.80. The minimum absolute atomic E-state index is 0. The van der Waals surface area contributed by atoms with Crippen LogP contribution < -0.4 is 5.32 Å². The summed E-state index contributed by atoms with van der Waals surface area (Å²) in [4.78, 5) is 16.7. The van der Waals surface area contributed by atoms with Gasteiger partial charge in [0.25, 0.3) is 0 Å². The van der Waals surface area contributed by atoms with Crippen LogP contribution in [-0.2, 0) is 4.79 Å². The summed E-state index contributed by atoms with van der Waals surface area (Å²) >= 11 is 0. The monoisotopic (exact) mass is 327 g/mol. The summed E-state index contributed by atoms with van der Waals surface area (Å²) in [7, 11) is 2.05. The van der Waals surface area contributed by atoms with E-state index in [0.29, 0.717) is 5.91 Å². The number of hydrogen-bond acceptors (Lipinski definition) is 3. The van der Waals surface area contributed by atoms with Gasteiger partial charge in [0.15, 0.2) is 0 Å². The topological polar surface area (TPSA) is 35.6 Å². The third-order valence-electron chi connectivity index (χ3n) is 5.14. The molecule has 0 bridgehead atoms. The minimum Gasteiger partial charge on any atom is -0.342 e. The van der Waals surface area contributed by atoms with Crippen LogP contribution in [0.4, 0.5) is 0 Å². The van der Waals surface area contributed by atoms with Crippen LogP contribution in [0.3, 0.4) is 0 Å². The van der Waals surface area contributed by atoms with E-state index in [1.54, 1.807) is 0 Å². The van der Waals surface area contributed by atoms with E-state index in [1.807, 2.05) is 27.7 Å². The number of carbonyl (C=O) groups excluding carboxylic acids is 1. The van der Waals surface area contributed by atoms with Gasteiger partial charge in [-0.1, -0.05) is 27.7 Å². The highest BCUT2D eigenvalue weighted by molar-refractivity contribution is 5.78. The van der Waals surface area contributed by atoms with Crippen molar-refractivity contribution < 1.29 is 6.22 Å². The van der Waals surface area contributed by atoms with Crippen LogP contribution in [0.5, 0.6) is 0 Å². The predicted molar refractivity (Wildman–Crippen MR) is 101 cm³/mol. The van der Waals surface area contributed by atoms with E-state index in [-0.39, 0.29) is 7.34 Å². The molecule has 4 heteroatoms. The lowest BCUT2D eigenvalue weighted by molar-refractivity contribution is -0.135. The van der Waals surface area contributed by atoms with Crippen molar-refractivity contribution in [1.82, 2.24) is 15.1 Å². The van der Waals surface area contributed by atoms with Gasteiger partial charge in [-0.2, -0.15) is 0 Å². The molecule has 0 unspecified atom stereocenters. The number of piperidine rings is 2. The van der Waals surface area contributed by atoms with Crippen molar-refractivity contribution in [3.63, 3.8) is 0 Å². The minimum atomic E-state index is 0. The van der Waals surface area contributed by atoms with Gasteiger partial charge in [0.2, 0.25) is 5.91 Å². The van der Waals surface area contributed by atoms with Gasteiger partial charge in [0.1, 0.15) is 0 Å². The molecule has 1 amide bonds. The Morgan fingerprint density at radius 1 is 1.04 bits per heavy atom. The van der Waals surface area contributed by atoms with Crippen molar-refractivity contribution in [2.75, 3.05) is 46.3 Å². The van der Waals surface area contributed by atoms with Gasteiger partial charge in [0, 0.05) is 27.0 Å². The first-order valence-electron chi connectivity index (χ1n) is 9.76. The lowest BCUT2D eigenvalue weighted by Gasteiger charge is -2.38. The fourth-order valence-electron chi connectivity index (χ4n) is 3.73. The van der Waals surface area contributed by atoms with Gasteiger partial charge in [-0.05, 0) is 64.2 Å². The maximum absolute atomic E-state index is 12.0. The van der Waals surface area contributed by atoms with Crippen LogP contribution >= 0.6 is 0 Å². The standard InChI is InChI=1S/C17H33N3O.C2H6.H2/c1-14(2)17(21)20-10-6-16(7-11-20)13-19-8-4-15(5-9-19)12-18-3;1-2;/h14-16,18H,4-13H2,1-3H3;1-2H3;1H. The van der Waals surface area contributed by atoms with Gasteiger partial charge in [-0.25, -0.2) is 0 Å². The first-order chi connectivity index (χ1) is 11.1. The molecule has 0 aromatic rings. The lowest BCUT2D eigenvalue weighted by Crippen LogP contribution is -2.44. The predicted octanol–water partition coefficient (Wildman–Crippen LogP) is 3.08. The maximum Gasteiger partial charge on any atom is 0.225 e. The van der Waals surface area contributed by atoms with Gasteiger partial charge in [-0.15, -0.1) is 0 Å². The highest BCUT2D eigenvalue weighted by Crippen LogP contribution is 2.23. The smallest absolute Gasteiger partial charge is 0.225 e. The summed E-state index contributed by atoms with van der Waals surface area (Å²) in [5.74, 6) is 2.15. The van der Waals surface area contributed by atoms with Gasteiger partial charge >= 0.3 is 0 Å². The highest BCUT2D eigenvalue weighted by atomic mass is 16.2. The van der Waals surface area contributed by atoms with E-state index in [2.05, 4.69) is 22.2 Å². The van der Waals surface area contributed by atoms with Crippen molar-refractivity contribution in [2.45, 2.75) is 53.4 Å². The van der Waals surface area contributed by atoms with E-state index in [4.69, 9.17) is 0 Å². The Morgan fingerprint density at radius 3 is 2.04 bits per heavy atom. The normalized spacial score (nSPS) is 21.2. The number of nitrogens with one attached hydrogen (secondary N) is 1. The molecule has 0 aromatic heterocycles. The van der Waals surface area contributed by atoms with Gasteiger partial charge in [0.05, 0.1) is 0 Å². The molecule has 0 saturated carbocycles. The van der Waals surface area contributed by atoms with E-state index in [9.17, 15) is 4.79 Å². The van der Waals surface area contributed by atoms with Crippen LogP contribution in [-0.4, -0.2) is 62.0 Å². The van der Waals surface area contributed by atoms with Crippen LogP contribution in [0.1, 0.15) is 54.8 Å². The summed E-state index contributed by atoms with van der Waals surface area (Å²) in [5.41, 5.74) is 0. The number of nitrogens with zero attached hydrogens (tertiary/aromatic N) is 2. The Balaban J connectivity index is 0.00000170. The average molecular weight is 328 g/mol.